The summed E-state index contributed by atoms with van der Waals surface area (Å²) in [7, 11) is 0. The summed E-state index contributed by atoms with van der Waals surface area (Å²) in [4.78, 5) is 0. The van der Waals surface area contributed by atoms with E-state index in [0.717, 1.165) is 0 Å². The number of hydrogen-bond donors (Lipinski definition) is 0. The number of unbranched alkanes of at least 4 members (excludes halogenated alkanes) is 20. The third-order valence-corrected chi connectivity index (χ3v) is 5.02. The zero-order valence-electron chi connectivity index (χ0n) is 16.7. The monoisotopic (exact) mass is 323 g/mol. The second-order valence-electron chi connectivity index (χ2n) is 7.52. The lowest BCUT2D eigenvalue weighted by molar-refractivity contribution is 0.549. The lowest BCUT2D eigenvalue weighted by Gasteiger charge is -2.03. The Hall–Kier alpha value is 0. The highest BCUT2D eigenvalue weighted by Crippen LogP contribution is 2.14. The van der Waals surface area contributed by atoms with Crippen LogP contribution in [0.2, 0.25) is 0 Å². The molecule has 0 aliphatic carbocycles. The van der Waals surface area contributed by atoms with Crippen LogP contribution in [0, 0.1) is 6.42 Å². The Morgan fingerprint density at radius 1 is 0.348 bits per heavy atom. The van der Waals surface area contributed by atoms with Gasteiger partial charge >= 0.3 is 0 Å². The van der Waals surface area contributed by atoms with Gasteiger partial charge in [-0.25, -0.2) is 0 Å². The summed E-state index contributed by atoms with van der Waals surface area (Å²) in [5.74, 6) is 0. The molecule has 0 saturated carbocycles. The molecule has 0 fully saturated rings. The first kappa shape index (κ1) is 23.0. The van der Waals surface area contributed by atoms with Gasteiger partial charge in [-0.2, -0.15) is 0 Å². The van der Waals surface area contributed by atoms with Crippen LogP contribution in [0.3, 0.4) is 0 Å². The fourth-order valence-electron chi connectivity index (χ4n) is 3.34. The molecule has 0 N–H and O–H groups in total. The first-order chi connectivity index (χ1) is 11.4. The summed E-state index contributed by atoms with van der Waals surface area (Å²) < 4.78 is 0. The van der Waals surface area contributed by atoms with E-state index >= 15 is 0 Å². The molecule has 0 bridgehead atoms. The van der Waals surface area contributed by atoms with Gasteiger partial charge in [0.05, 0.1) is 0 Å². The SMILES string of the molecule is CCCCCCCCCC[CH]CCCCCCCCCCCC. The lowest BCUT2D eigenvalue weighted by atomic mass is 10.0. The summed E-state index contributed by atoms with van der Waals surface area (Å²) in [6.07, 6.45) is 31.4. The van der Waals surface area contributed by atoms with E-state index in [1.54, 1.807) is 0 Å². The zero-order chi connectivity index (χ0) is 16.8. The molecule has 0 heterocycles. The van der Waals surface area contributed by atoms with E-state index in [2.05, 4.69) is 20.3 Å². The fraction of sp³-hybridized carbons (Fsp3) is 0.957. The largest absolute Gasteiger partial charge is 0.0654 e. The Balaban J connectivity index is 2.92. The number of rotatable bonds is 20. The Bertz CT molecular complexity index is 164. The molecule has 0 aromatic heterocycles. The summed E-state index contributed by atoms with van der Waals surface area (Å²) in [6, 6.07) is 0. The molecule has 0 aliphatic rings. The molecular formula is C23H47. The Kier molecular flexibility index (Phi) is 22.0. The van der Waals surface area contributed by atoms with Crippen LogP contribution in [0.5, 0.6) is 0 Å². The van der Waals surface area contributed by atoms with Crippen LogP contribution in [0.4, 0.5) is 0 Å². The maximum Gasteiger partial charge on any atom is -0.0386 e. The van der Waals surface area contributed by atoms with Crippen molar-refractivity contribution in [2.45, 2.75) is 142 Å². The van der Waals surface area contributed by atoms with E-state index in [1.165, 1.54) is 128 Å². The summed E-state index contributed by atoms with van der Waals surface area (Å²) in [5.41, 5.74) is 0. The maximum absolute atomic E-state index is 2.56. The number of hydrogen-bond acceptors (Lipinski definition) is 0. The quantitative estimate of drug-likeness (QED) is 0.196. The van der Waals surface area contributed by atoms with Gasteiger partial charge in [-0.3, -0.25) is 0 Å². The van der Waals surface area contributed by atoms with Gasteiger partial charge in [0.25, 0.3) is 0 Å². The molecule has 0 unspecified atom stereocenters. The normalized spacial score (nSPS) is 11.2. The first-order valence-corrected chi connectivity index (χ1v) is 11.2. The molecule has 0 aromatic rings. The van der Waals surface area contributed by atoms with E-state index in [9.17, 15) is 0 Å². The highest BCUT2D eigenvalue weighted by molar-refractivity contribution is 4.64. The van der Waals surface area contributed by atoms with Gasteiger partial charge in [0.2, 0.25) is 0 Å². The Labute approximate surface area is 149 Å². The average Bonchev–Trinajstić information content (AvgIpc) is 2.57. The van der Waals surface area contributed by atoms with Gasteiger partial charge in [0.1, 0.15) is 0 Å². The molecule has 0 amide bonds. The molecule has 0 atom stereocenters. The molecule has 0 aromatic carbocycles. The summed E-state index contributed by atoms with van der Waals surface area (Å²) in [6.45, 7) is 4.59. The van der Waals surface area contributed by atoms with Gasteiger partial charge in [-0.15, -0.1) is 0 Å². The second kappa shape index (κ2) is 22.0. The first-order valence-electron chi connectivity index (χ1n) is 11.2. The van der Waals surface area contributed by atoms with Crippen molar-refractivity contribution in [3.8, 4) is 0 Å². The molecule has 0 spiro atoms. The highest BCUT2D eigenvalue weighted by Gasteiger charge is 1.95. The summed E-state index contributed by atoms with van der Waals surface area (Å²) >= 11 is 0. The van der Waals surface area contributed by atoms with Crippen molar-refractivity contribution in [2.75, 3.05) is 0 Å². The van der Waals surface area contributed by atoms with Gasteiger partial charge in [0.15, 0.2) is 0 Å². The van der Waals surface area contributed by atoms with Crippen molar-refractivity contribution in [3.05, 3.63) is 6.42 Å². The van der Waals surface area contributed by atoms with Crippen LogP contribution >= 0.6 is 0 Å². The molecule has 23 heavy (non-hydrogen) atoms. The van der Waals surface area contributed by atoms with Crippen LogP contribution in [0.25, 0.3) is 0 Å². The van der Waals surface area contributed by atoms with Crippen LogP contribution in [0.15, 0.2) is 0 Å². The topological polar surface area (TPSA) is 0 Å². The van der Waals surface area contributed by atoms with Crippen molar-refractivity contribution in [3.63, 3.8) is 0 Å². The van der Waals surface area contributed by atoms with E-state index in [4.69, 9.17) is 0 Å². The van der Waals surface area contributed by atoms with Crippen molar-refractivity contribution in [2.24, 2.45) is 0 Å². The Morgan fingerprint density at radius 2 is 0.609 bits per heavy atom. The molecule has 0 nitrogen and oxygen atoms in total. The van der Waals surface area contributed by atoms with Gasteiger partial charge in [-0.05, 0) is 6.42 Å². The predicted octanol–water partition coefficient (Wildman–Crippen LogP) is 9.03. The van der Waals surface area contributed by atoms with Crippen molar-refractivity contribution in [1.29, 1.82) is 0 Å². The van der Waals surface area contributed by atoms with Crippen LogP contribution in [-0.4, -0.2) is 0 Å². The van der Waals surface area contributed by atoms with E-state index in [0.29, 0.717) is 0 Å². The van der Waals surface area contributed by atoms with Crippen molar-refractivity contribution < 1.29 is 0 Å². The summed E-state index contributed by atoms with van der Waals surface area (Å²) in [5, 5.41) is 0. The molecule has 139 valence electrons. The van der Waals surface area contributed by atoms with Crippen LogP contribution in [0.1, 0.15) is 142 Å². The van der Waals surface area contributed by atoms with E-state index < -0.39 is 0 Å². The average molecular weight is 324 g/mol. The van der Waals surface area contributed by atoms with Gasteiger partial charge in [0, 0.05) is 0 Å². The predicted molar refractivity (Wildman–Crippen MR) is 108 cm³/mol. The van der Waals surface area contributed by atoms with Crippen LogP contribution in [-0.2, 0) is 0 Å². The zero-order valence-corrected chi connectivity index (χ0v) is 16.7. The molecule has 0 rings (SSSR count). The minimum Gasteiger partial charge on any atom is -0.0654 e. The second-order valence-corrected chi connectivity index (χ2v) is 7.52. The molecule has 1 radical (unpaired) electrons. The minimum absolute atomic E-state index is 1.37. The molecule has 0 saturated heterocycles. The van der Waals surface area contributed by atoms with E-state index in [-0.39, 0.29) is 0 Å². The Morgan fingerprint density at radius 3 is 0.913 bits per heavy atom. The fourth-order valence-corrected chi connectivity index (χ4v) is 3.34. The molecule has 0 heteroatoms. The minimum atomic E-state index is 1.37. The van der Waals surface area contributed by atoms with Crippen molar-refractivity contribution in [1.82, 2.24) is 0 Å². The third-order valence-electron chi connectivity index (χ3n) is 5.02. The maximum atomic E-state index is 2.56. The molecule has 0 aliphatic heterocycles. The highest BCUT2D eigenvalue weighted by atomic mass is 14.0. The van der Waals surface area contributed by atoms with Crippen molar-refractivity contribution >= 4 is 0 Å². The standard InChI is InChI=1S/C23H47/c1-3-5-7-9-11-13-15-17-19-21-23-22-20-18-16-14-12-10-8-6-4-2/h21H,3-20,22-23H2,1-2H3. The molecular weight excluding hydrogens is 276 g/mol. The smallest absolute Gasteiger partial charge is 0.0386 e. The van der Waals surface area contributed by atoms with Crippen LogP contribution < -0.4 is 0 Å². The third kappa shape index (κ3) is 22.0. The van der Waals surface area contributed by atoms with Gasteiger partial charge in [-0.1, -0.05) is 142 Å². The van der Waals surface area contributed by atoms with E-state index in [1.807, 2.05) is 0 Å². The lowest BCUT2D eigenvalue weighted by Crippen LogP contribution is -1.84. The van der Waals surface area contributed by atoms with Gasteiger partial charge < -0.3 is 0 Å².